The highest BCUT2D eigenvalue weighted by Crippen LogP contribution is 2.38. The van der Waals surface area contributed by atoms with Crippen LogP contribution in [0.5, 0.6) is 0 Å². The second-order valence-electron chi connectivity index (χ2n) is 9.88. The van der Waals surface area contributed by atoms with Crippen molar-refractivity contribution in [1.29, 1.82) is 0 Å². The highest BCUT2D eigenvalue weighted by molar-refractivity contribution is 8.93. The van der Waals surface area contributed by atoms with Crippen LogP contribution in [0.3, 0.4) is 0 Å². The molecule has 3 heterocycles. The first-order chi connectivity index (χ1) is 17.3. The molecule has 0 amide bonds. The Balaban J connectivity index is 0.00000267. The molecule has 6 rings (SSSR count). The molecule has 188 valence electrons. The Bertz CT molecular complexity index is 1220. The molecule has 4 aromatic rings. The average Bonchev–Trinajstić information content (AvgIpc) is 3.34. The zero-order chi connectivity index (χ0) is 23.5. The molecule has 2 aliphatic carbocycles. The lowest BCUT2D eigenvalue weighted by Crippen LogP contribution is -2.44. The third kappa shape index (κ3) is 5.51. The smallest absolute Gasteiger partial charge is 0.141 e. The first kappa shape index (κ1) is 25.0. The Hall–Kier alpha value is -2.68. The van der Waals surface area contributed by atoms with E-state index in [2.05, 4.69) is 61.6 Å². The second-order valence-corrected chi connectivity index (χ2v) is 9.88. The Kier molecular flexibility index (Phi) is 8.04. The maximum absolute atomic E-state index is 4.93. The van der Waals surface area contributed by atoms with Crippen LogP contribution in [0.2, 0.25) is 0 Å². The van der Waals surface area contributed by atoms with Gasteiger partial charge in [0.1, 0.15) is 11.6 Å². The molecule has 8 heteroatoms. The van der Waals surface area contributed by atoms with E-state index in [4.69, 9.17) is 9.97 Å². The van der Waals surface area contributed by atoms with E-state index < -0.39 is 0 Å². The van der Waals surface area contributed by atoms with Crippen LogP contribution in [0.1, 0.15) is 67.5 Å². The number of para-hydroxylation sites is 2. The molecular weight excluding hydrogens is 514 g/mol. The Labute approximate surface area is 223 Å². The SMILES string of the molecule is Br.c1cnc(CNC2CCC(N(Cc3nc4ccccc4[nH]3)C3CCCc4cccnc43)CC2)nc1. The van der Waals surface area contributed by atoms with Gasteiger partial charge in [0.05, 0.1) is 35.9 Å². The Morgan fingerprint density at radius 1 is 0.889 bits per heavy atom. The summed E-state index contributed by atoms with van der Waals surface area (Å²) in [5.41, 5.74) is 4.84. The molecule has 1 aromatic carbocycles. The van der Waals surface area contributed by atoms with Crippen LogP contribution in [0.15, 0.2) is 61.1 Å². The number of pyridine rings is 1. The fourth-order valence-electron chi connectivity index (χ4n) is 5.92. The highest BCUT2D eigenvalue weighted by atomic mass is 79.9. The van der Waals surface area contributed by atoms with E-state index in [1.807, 2.05) is 24.7 Å². The van der Waals surface area contributed by atoms with Crippen LogP contribution in [-0.4, -0.2) is 41.9 Å². The molecule has 7 nitrogen and oxygen atoms in total. The topological polar surface area (TPSA) is 82.6 Å². The van der Waals surface area contributed by atoms with Gasteiger partial charge in [0, 0.05) is 30.7 Å². The number of hydrogen-bond acceptors (Lipinski definition) is 6. The molecule has 0 bridgehead atoms. The maximum atomic E-state index is 4.93. The van der Waals surface area contributed by atoms with Crippen molar-refractivity contribution >= 4 is 28.0 Å². The predicted octanol–water partition coefficient (Wildman–Crippen LogP) is 5.31. The van der Waals surface area contributed by atoms with Crippen LogP contribution in [-0.2, 0) is 19.5 Å². The molecular formula is C28H34BrN7. The van der Waals surface area contributed by atoms with E-state index in [9.17, 15) is 0 Å². The van der Waals surface area contributed by atoms with Crippen LogP contribution in [0, 0.1) is 0 Å². The number of hydrogen-bond donors (Lipinski definition) is 2. The van der Waals surface area contributed by atoms with Crippen molar-refractivity contribution in [3.8, 4) is 0 Å². The summed E-state index contributed by atoms with van der Waals surface area (Å²) in [5.74, 6) is 1.92. The van der Waals surface area contributed by atoms with Gasteiger partial charge in [-0.1, -0.05) is 18.2 Å². The van der Waals surface area contributed by atoms with E-state index in [0.29, 0.717) is 18.1 Å². The van der Waals surface area contributed by atoms with Crippen molar-refractivity contribution in [3.63, 3.8) is 0 Å². The lowest BCUT2D eigenvalue weighted by Gasteiger charge is -2.42. The molecule has 36 heavy (non-hydrogen) atoms. The van der Waals surface area contributed by atoms with Crippen molar-refractivity contribution in [2.45, 2.75) is 76.2 Å². The molecule has 0 radical (unpaired) electrons. The van der Waals surface area contributed by atoms with Gasteiger partial charge in [-0.05, 0) is 74.8 Å². The molecule has 1 fully saturated rings. The first-order valence-electron chi connectivity index (χ1n) is 13.0. The number of halogens is 1. The molecule has 1 atom stereocenters. The molecule has 2 N–H and O–H groups in total. The summed E-state index contributed by atoms with van der Waals surface area (Å²) in [6.07, 6.45) is 13.8. The fraction of sp³-hybridized carbons (Fsp3) is 0.429. The van der Waals surface area contributed by atoms with E-state index in [0.717, 1.165) is 61.5 Å². The first-order valence-corrected chi connectivity index (χ1v) is 13.0. The van der Waals surface area contributed by atoms with Crippen LogP contribution >= 0.6 is 17.0 Å². The van der Waals surface area contributed by atoms with E-state index >= 15 is 0 Å². The van der Waals surface area contributed by atoms with Gasteiger partial charge in [0.25, 0.3) is 0 Å². The standard InChI is InChI=1S/C28H33N7.BrH/c1-2-9-24-23(8-1)33-27(34-24)19-35(25-10-3-6-20-7-4-15-31-28(20)25)22-13-11-21(12-14-22)32-18-26-29-16-5-17-30-26;/h1-2,4-5,7-9,15-17,21-22,25,32H,3,6,10-14,18-19H2,(H,33,34);1H. The zero-order valence-corrected chi connectivity index (χ0v) is 22.2. The maximum Gasteiger partial charge on any atom is 0.141 e. The summed E-state index contributed by atoms with van der Waals surface area (Å²) in [6, 6.07) is 15.9. The van der Waals surface area contributed by atoms with Gasteiger partial charge >= 0.3 is 0 Å². The minimum absolute atomic E-state index is 0. The highest BCUT2D eigenvalue weighted by Gasteiger charge is 2.34. The number of H-pyrrole nitrogens is 1. The molecule has 0 saturated heterocycles. The van der Waals surface area contributed by atoms with E-state index in [1.165, 1.54) is 30.5 Å². The van der Waals surface area contributed by atoms with Crippen LogP contribution in [0.25, 0.3) is 11.0 Å². The summed E-state index contributed by atoms with van der Waals surface area (Å²) in [7, 11) is 0. The largest absolute Gasteiger partial charge is 0.341 e. The van der Waals surface area contributed by atoms with Crippen molar-refractivity contribution in [3.05, 3.63) is 84.0 Å². The number of aryl methyl sites for hydroxylation is 1. The lowest BCUT2D eigenvalue weighted by atomic mass is 9.85. The van der Waals surface area contributed by atoms with Gasteiger partial charge in [-0.3, -0.25) is 9.88 Å². The predicted molar refractivity (Wildman–Crippen MR) is 147 cm³/mol. The number of aromatic nitrogens is 5. The third-order valence-electron chi connectivity index (χ3n) is 7.67. The van der Waals surface area contributed by atoms with Gasteiger partial charge in [-0.2, -0.15) is 0 Å². The summed E-state index contributed by atoms with van der Waals surface area (Å²) >= 11 is 0. The molecule has 0 spiro atoms. The Morgan fingerprint density at radius 3 is 2.53 bits per heavy atom. The van der Waals surface area contributed by atoms with Gasteiger partial charge in [-0.25, -0.2) is 15.0 Å². The molecule has 0 aliphatic heterocycles. The number of aromatic amines is 1. The van der Waals surface area contributed by atoms with E-state index in [-0.39, 0.29) is 17.0 Å². The van der Waals surface area contributed by atoms with E-state index in [1.54, 1.807) is 0 Å². The number of fused-ring (bicyclic) bond motifs is 2. The Morgan fingerprint density at radius 2 is 1.69 bits per heavy atom. The summed E-state index contributed by atoms with van der Waals surface area (Å²) < 4.78 is 0. The lowest BCUT2D eigenvalue weighted by molar-refractivity contribution is 0.0728. The normalized spacial score (nSPS) is 21.8. The average molecular weight is 549 g/mol. The zero-order valence-electron chi connectivity index (χ0n) is 20.5. The fourth-order valence-corrected chi connectivity index (χ4v) is 5.92. The van der Waals surface area contributed by atoms with Crippen molar-refractivity contribution in [2.24, 2.45) is 0 Å². The van der Waals surface area contributed by atoms with Crippen molar-refractivity contribution in [2.75, 3.05) is 0 Å². The number of rotatable bonds is 7. The van der Waals surface area contributed by atoms with Gasteiger partial charge < -0.3 is 10.3 Å². The van der Waals surface area contributed by atoms with Gasteiger partial charge in [-0.15, -0.1) is 17.0 Å². The van der Waals surface area contributed by atoms with Crippen LogP contribution in [0.4, 0.5) is 0 Å². The summed E-state index contributed by atoms with van der Waals surface area (Å²) in [4.78, 5) is 24.8. The number of imidazole rings is 1. The summed E-state index contributed by atoms with van der Waals surface area (Å²) in [6.45, 7) is 1.56. The minimum atomic E-state index is 0. The quantitative estimate of drug-likeness (QED) is 0.326. The number of nitrogens with zero attached hydrogens (tertiary/aromatic N) is 5. The summed E-state index contributed by atoms with van der Waals surface area (Å²) in [5, 5.41) is 3.69. The molecule has 1 saturated carbocycles. The second kappa shape index (κ2) is 11.6. The molecule has 1 unspecified atom stereocenters. The van der Waals surface area contributed by atoms with Crippen molar-refractivity contribution in [1.82, 2.24) is 35.1 Å². The van der Waals surface area contributed by atoms with Gasteiger partial charge in [0.15, 0.2) is 0 Å². The molecule has 3 aromatic heterocycles. The molecule has 2 aliphatic rings. The van der Waals surface area contributed by atoms with Crippen molar-refractivity contribution < 1.29 is 0 Å². The van der Waals surface area contributed by atoms with Crippen LogP contribution < -0.4 is 5.32 Å². The number of nitrogens with one attached hydrogen (secondary N) is 2. The minimum Gasteiger partial charge on any atom is -0.341 e. The number of benzene rings is 1. The monoisotopic (exact) mass is 547 g/mol. The van der Waals surface area contributed by atoms with Gasteiger partial charge in [0.2, 0.25) is 0 Å². The third-order valence-corrected chi connectivity index (χ3v) is 7.67.